The number of aromatic nitrogens is 2. The van der Waals surface area contributed by atoms with E-state index >= 15 is 0 Å². The minimum Gasteiger partial charge on any atom is -0.420 e. The molecule has 0 bridgehead atoms. The van der Waals surface area contributed by atoms with Crippen LogP contribution in [0.5, 0.6) is 0 Å². The van der Waals surface area contributed by atoms with Crippen molar-refractivity contribution < 1.29 is 12.8 Å². The van der Waals surface area contributed by atoms with E-state index in [0.29, 0.717) is 28.3 Å². The van der Waals surface area contributed by atoms with Gasteiger partial charge in [-0.1, -0.05) is 24.1 Å². The second-order valence-electron chi connectivity index (χ2n) is 7.07. The monoisotopic (exact) mass is 403 g/mol. The van der Waals surface area contributed by atoms with Crippen molar-refractivity contribution in [2.45, 2.75) is 50.2 Å². The van der Waals surface area contributed by atoms with E-state index in [0.717, 1.165) is 40.9 Å². The molecule has 1 aliphatic rings. The highest BCUT2D eigenvalue weighted by Gasteiger charge is 2.26. The predicted molar refractivity (Wildman–Crippen MR) is 106 cm³/mol. The van der Waals surface area contributed by atoms with Crippen LogP contribution in [0.25, 0.3) is 10.8 Å². The Kier molecular flexibility index (Phi) is 4.55. The van der Waals surface area contributed by atoms with Crippen LogP contribution < -0.4 is 4.72 Å². The predicted octanol–water partition coefficient (Wildman–Crippen LogP) is 4.79. The topological polar surface area (TPSA) is 85.1 Å². The van der Waals surface area contributed by atoms with Crippen molar-refractivity contribution in [2.75, 3.05) is 4.72 Å². The lowest BCUT2D eigenvalue weighted by Crippen LogP contribution is -2.13. The summed E-state index contributed by atoms with van der Waals surface area (Å²) in [5, 5.41) is 8.20. The van der Waals surface area contributed by atoms with Gasteiger partial charge in [-0.15, -0.1) is 21.5 Å². The molecule has 4 rings (SSSR count). The van der Waals surface area contributed by atoms with Crippen LogP contribution in [0.15, 0.2) is 32.9 Å². The fourth-order valence-electron chi connectivity index (χ4n) is 3.26. The maximum Gasteiger partial charge on any atom is 0.271 e. The van der Waals surface area contributed by atoms with Gasteiger partial charge in [0.1, 0.15) is 4.21 Å². The molecule has 2 heterocycles. The minimum atomic E-state index is -3.68. The molecule has 1 aliphatic carbocycles. The van der Waals surface area contributed by atoms with E-state index in [4.69, 9.17) is 4.42 Å². The highest BCUT2D eigenvalue weighted by atomic mass is 32.2. The quantitative estimate of drug-likeness (QED) is 0.662. The Morgan fingerprint density at radius 3 is 2.44 bits per heavy atom. The molecule has 1 N–H and O–H groups in total. The van der Waals surface area contributed by atoms with Crippen LogP contribution in [0.2, 0.25) is 0 Å². The second-order valence-corrected chi connectivity index (χ2v) is 10.1. The summed E-state index contributed by atoms with van der Waals surface area (Å²) in [6, 6.07) is 7.22. The summed E-state index contributed by atoms with van der Waals surface area (Å²) in [7, 11) is -3.68. The zero-order valence-corrected chi connectivity index (χ0v) is 17.1. The number of nitrogens with one attached hydrogen (secondary N) is 1. The highest BCUT2D eigenvalue weighted by Crippen LogP contribution is 2.38. The number of anilines is 1. The lowest BCUT2D eigenvalue weighted by Gasteiger charge is -2.20. The minimum absolute atomic E-state index is 0.222. The Bertz CT molecular complexity index is 1070. The summed E-state index contributed by atoms with van der Waals surface area (Å²) in [6.07, 6.45) is 3.34. The number of hydrogen-bond donors (Lipinski definition) is 1. The number of thiophene rings is 1. The van der Waals surface area contributed by atoms with Gasteiger partial charge < -0.3 is 4.42 Å². The van der Waals surface area contributed by atoms with Gasteiger partial charge in [-0.3, -0.25) is 4.72 Å². The van der Waals surface area contributed by atoms with E-state index in [1.807, 2.05) is 32.9 Å². The Labute approximate surface area is 162 Å². The normalized spacial score (nSPS) is 14.9. The number of hydrogen-bond acceptors (Lipinski definition) is 6. The number of sulfonamides is 1. The molecule has 142 valence electrons. The summed E-state index contributed by atoms with van der Waals surface area (Å²) in [5.41, 5.74) is 3.52. The van der Waals surface area contributed by atoms with E-state index in [1.54, 1.807) is 12.1 Å². The Hall–Kier alpha value is -2.19. The van der Waals surface area contributed by atoms with Gasteiger partial charge in [0.15, 0.2) is 0 Å². The molecule has 0 atom stereocenters. The van der Waals surface area contributed by atoms with Gasteiger partial charge in [0.05, 0.1) is 10.6 Å². The SMILES string of the molecule is Cc1cc(C)c(NS(=O)(=O)c2ccc(-c3nnc(C4CCC4)o3)s2)c(C)c1. The molecule has 0 spiro atoms. The molecule has 0 saturated heterocycles. The second kappa shape index (κ2) is 6.76. The molecule has 0 radical (unpaired) electrons. The molecule has 3 aromatic rings. The molecule has 0 aliphatic heterocycles. The molecule has 0 unspecified atom stereocenters. The molecular formula is C19H21N3O3S2. The molecule has 6 nitrogen and oxygen atoms in total. The van der Waals surface area contributed by atoms with Gasteiger partial charge in [-0.25, -0.2) is 8.42 Å². The van der Waals surface area contributed by atoms with Crippen LogP contribution in [0.3, 0.4) is 0 Å². The Balaban J connectivity index is 1.59. The van der Waals surface area contributed by atoms with Crippen molar-refractivity contribution in [1.29, 1.82) is 0 Å². The number of aryl methyl sites for hydroxylation is 3. The first-order chi connectivity index (χ1) is 12.8. The van der Waals surface area contributed by atoms with Crippen molar-refractivity contribution in [3.8, 4) is 10.8 Å². The molecule has 1 saturated carbocycles. The maximum atomic E-state index is 12.8. The van der Waals surface area contributed by atoms with Crippen LogP contribution >= 0.6 is 11.3 Å². The summed E-state index contributed by atoms with van der Waals surface area (Å²) in [6.45, 7) is 5.79. The summed E-state index contributed by atoms with van der Waals surface area (Å²) < 4.78 is 34.4. The standard InChI is InChI=1S/C19H21N3O3S2/c1-11-9-12(2)17(13(3)10-11)22-27(23,24)16-8-7-15(26-16)19-21-20-18(25-19)14-5-4-6-14/h7-10,14,22H,4-6H2,1-3H3. The number of rotatable bonds is 5. The first-order valence-corrected chi connectivity index (χ1v) is 11.2. The van der Waals surface area contributed by atoms with Crippen molar-refractivity contribution >= 4 is 27.0 Å². The van der Waals surface area contributed by atoms with E-state index in [9.17, 15) is 8.42 Å². The van der Waals surface area contributed by atoms with E-state index in [-0.39, 0.29) is 4.21 Å². The molecule has 8 heteroatoms. The van der Waals surface area contributed by atoms with Crippen LogP contribution in [0.4, 0.5) is 5.69 Å². The molecule has 2 aromatic heterocycles. The summed E-state index contributed by atoms with van der Waals surface area (Å²) in [5.74, 6) is 1.38. The Morgan fingerprint density at radius 2 is 1.81 bits per heavy atom. The van der Waals surface area contributed by atoms with Gasteiger partial charge in [0.2, 0.25) is 5.89 Å². The molecule has 1 fully saturated rings. The van der Waals surface area contributed by atoms with Gasteiger partial charge in [0, 0.05) is 5.92 Å². The summed E-state index contributed by atoms with van der Waals surface area (Å²) in [4.78, 5) is 0.658. The van der Waals surface area contributed by atoms with Crippen LogP contribution in [0, 0.1) is 20.8 Å². The van der Waals surface area contributed by atoms with Gasteiger partial charge in [0.25, 0.3) is 15.9 Å². The highest BCUT2D eigenvalue weighted by molar-refractivity contribution is 7.94. The van der Waals surface area contributed by atoms with Crippen molar-refractivity contribution in [2.24, 2.45) is 0 Å². The third-order valence-corrected chi connectivity index (χ3v) is 7.78. The number of benzene rings is 1. The average Bonchev–Trinajstić information content (AvgIpc) is 3.18. The van der Waals surface area contributed by atoms with Gasteiger partial charge in [-0.05, 0) is 56.9 Å². The van der Waals surface area contributed by atoms with Gasteiger partial charge >= 0.3 is 0 Å². The molecule has 0 amide bonds. The fourth-order valence-corrected chi connectivity index (χ4v) is 5.69. The van der Waals surface area contributed by atoms with Crippen LogP contribution in [-0.4, -0.2) is 18.6 Å². The lowest BCUT2D eigenvalue weighted by atomic mass is 9.85. The fraction of sp³-hybridized carbons (Fsp3) is 0.368. The Morgan fingerprint density at radius 1 is 1.11 bits per heavy atom. The van der Waals surface area contributed by atoms with Crippen molar-refractivity contribution in [1.82, 2.24) is 10.2 Å². The molecular weight excluding hydrogens is 382 g/mol. The van der Waals surface area contributed by atoms with Gasteiger partial charge in [-0.2, -0.15) is 0 Å². The first-order valence-electron chi connectivity index (χ1n) is 8.88. The third-order valence-electron chi connectivity index (χ3n) is 4.87. The summed E-state index contributed by atoms with van der Waals surface area (Å²) >= 11 is 1.13. The first kappa shape index (κ1) is 18.2. The smallest absolute Gasteiger partial charge is 0.271 e. The van der Waals surface area contributed by atoms with Crippen molar-refractivity contribution in [3.63, 3.8) is 0 Å². The van der Waals surface area contributed by atoms with Crippen molar-refractivity contribution in [3.05, 3.63) is 46.8 Å². The maximum absolute atomic E-state index is 12.8. The molecule has 27 heavy (non-hydrogen) atoms. The zero-order chi connectivity index (χ0) is 19.2. The largest absolute Gasteiger partial charge is 0.420 e. The lowest BCUT2D eigenvalue weighted by molar-refractivity contribution is 0.338. The van der Waals surface area contributed by atoms with E-state index in [2.05, 4.69) is 14.9 Å². The van der Waals surface area contributed by atoms with Crippen LogP contribution in [0.1, 0.15) is 47.8 Å². The van der Waals surface area contributed by atoms with Crippen LogP contribution in [-0.2, 0) is 10.0 Å². The van der Waals surface area contributed by atoms with E-state index in [1.165, 1.54) is 6.42 Å². The molecule has 1 aromatic carbocycles. The number of nitrogens with zero attached hydrogens (tertiary/aromatic N) is 2. The zero-order valence-electron chi connectivity index (χ0n) is 15.4. The average molecular weight is 404 g/mol. The van der Waals surface area contributed by atoms with E-state index < -0.39 is 10.0 Å². The third kappa shape index (κ3) is 3.51.